The Labute approximate surface area is 202 Å². The third kappa shape index (κ3) is 4.62. The quantitative estimate of drug-likeness (QED) is 0.504. The summed E-state index contributed by atoms with van der Waals surface area (Å²) in [6.07, 6.45) is 1.07. The number of nitrogens with zero attached hydrogens (tertiary/aromatic N) is 1. The van der Waals surface area contributed by atoms with Crippen molar-refractivity contribution in [2.75, 3.05) is 12.0 Å². The van der Waals surface area contributed by atoms with Gasteiger partial charge in [0, 0.05) is 16.8 Å². The Morgan fingerprint density at radius 2 is 1.71 bits per heavy atom. The second-order valence-electron chi connectivity index (χ2n) is 10.4. The van der Waals surface area contributed by atoms with Crippen LogP contribution in [0.4, 0.5) is 18.9 Å². The van der Waals surface area contributed by atoms with E-state index in [2.05, 4.69) is 6.92 Å². The minimum atomic E-state index is -4.43. The normalized spacial score (nSPS) is 29.2. The fraction of sp³-hybridized carbons (Fsp3) is 0.760. The number of ether oxygens (including phenoxy) is 1. The molecule has 3 aliphatic carbocycles. The Morgan fingerprint density at radius 1 is 1.09 bits per heavy atom. The molecule has 0 saturated heterocycles. The number of amides is 1. The average Bonchev–Trinajstić information content (AvgIpc) is 3.18. The van der Waals surface area contributed by atoms with Gasteiger partial charge in [-0.25, -0.2) is 4.79 Å². The molecule has 0 spiro atoms. The van der Waals surface area contributed by atoms with E-state index < -0.39 is 23.7 Å². The van der Waals surface area contributed by atoms with Gasteiger partial charge in [0.15, 0.2) is 0 Å². The van der Waals surface area contributed by atoms with Gasteiger partial charge in [-0.2, -0.15) is 13.2 Å². The highest BCUT2D eigenvalue weighted by Gasteiger charge is 2.60. The van der Waals surface area contributed by atoms with Gasteiger partial charge in [-0.05, 0) is 76.2 Å². The van der Waals surface area contributed by atoms with Crippen LogP contribution in [0.3, 0.4) is 0 Å². The molecule has 0 atom stereocenters. The van der Waals surface area contributed by atoms with Crippen molar-refractivity contribution in [3.63, 3.8) is 0 Å². The summed E-state index contributed by atoms with van der Waals surface area (Å²) in [5.41, 5.74) is -1.71. The number of esters is 1. The molecule has 1 aromatic rings. The van der Waals surface area contributed by atoms with E-state index in [0.717, 1.165) is 37.0 Å². The van der Waals surface area contributed by atoms with Gasteiger partial charge in [-0.3, -0.25) is 4.79 Å². The fourth-order valence-corrected chi connectivity index (χ4v) is 7.08. The maximum atomic E-state index is 14.1. The Bertz CT molecular complexity index is 894. The zero-order valence-corrected chi connectivity index (χ0v) is 20.6. The first-order chi connectivity index (χ1) is 16.1. The molecule has 3 aliphatic rings. The van der Waals surface area contributed by atoms with E-state index in [-0.39, 0.29) is 46.2 Å². The van der Waals surface area contributed by atoms with Crippen LogP contribution in [0.15, 0.2) is 6.07 Å². The molecule has 1 aromatic heterocycles. The molecule has 0 aromatic carbocycles. The average molecular weight is 502 g/mol. The van der Waals surface area contributed by atoms with Crippen LogP contribution in [0.25, 0.3) is 0 Å². The smallest absolute Gasteiger partial charge is 0.399 e. The van der Waals surface area contributed by atoms with E-state index >= 15 is 0 Å². The van der Waals surface area contributed by atoms with Gasteiger partial charge in [-0.1, -0.05) is 13.3 Å². The van der Waals surface area contributed by atoms with Gasteiger partial charge >= 0.3 is 12.1 Å². The van der Waals surface area contributed by atoms with Crippen molar-refractivity contribution in [3.8, 4) is 0 Å². The summed E-state index contributed by atoms with van der Waals surface area (Å²) < 4.78 is 47.3. The molecule has 190 valence electrons. The minimum Gasteiger partial charge on any atom is -0.465 e. The molecule has 1 amide bonds. The predicted molar refractivity (Wildman–Crippen MR) is 124 cm³/mol. The largest absolute Gasteiger partial charge is 0.465 e. The molecule has 0 radical (unpaired) electrons. The fourth-order valence-electron chi connectivity index (χ4n) is 5.75. The molecule has 0 bridgehead atoms. The van der Waals surface area contributed by atoms with Crippen LogP contribution in [-0.2, 0) is 14.9 Å². The van der Waals surface area contributed by atoms with Crippen LogP contribution >= 0.6 is 11.3 Å². The van der Waals surface area contributed by atoms with E-state index in [0.29, 0.717) is 38.0 Å². The van der Waals surface area contributed by atoms with E-state index in [1.165, 1.54) is 13.2 Å². The zero-order valence-electron chi connectivity index (χ0n) is 19.8. The number of rotatable bonds is 5. The third-order valence-corrected chi connectivity index (χ3v) is 9.51. The van der Waals surface area contributed by atoms with Gasteiger partial charge in [0.2, 0.25) is 5.91 Å². The van der Waals surface area contributed by atoms with Gasteiger partial charge in [0.25, 0.3) is 0 Å². The summed E-state index contributed by atoms with van der Waals surface area (Å²) in [7, 11) is 1.21. The maximum Gasteiger partial charge on any atom is 0.399 e. The van der Waals surface area contributed by atoms with Crippen LogP contribution in [0.1, 0.15) is 92.1 Å². The summed E-state index contributed by atoms with van der Waals surface area (Å²) in [5, 5.41) is 10.0. The summed E-state index contributed by atoms with van der Waals surface area (Å²) in [6.45, 7) is 2.16. The number of aliphatic hydroxyl groups is 1. The molecule has 5 nitrogen and oxygen atoms in total. The van der Waals surface area contributed by atoms with Crippen molar-refractivity contribution >= 4 is 28.9 Å². The van der Waals surface area contributed by atoms with Crippen LogP contribution < -0.4 is 4.90 Å². The minimum absolute atomic E-state index is 0.0128. The van der Waals surface area contributed by atoms with E-state index in [9.17, 15) is 27.9 Å². The number of alkyl halides is 3. The van der Waals surface area contributed by atoms with Crippen LogP contribution in [0.2, 0.25) is 0 Å². The number of halogens is 3. The summed E-state index contributed by atoms with van der Waals surface area (Å²) >= 11 is 0.821. The molecule has 34 heavy (non-hydrogen) atoms. The summed E-state index contributed by atoms with van der Waals surface area (Å²) in [6, 6.07) is 1.18. The lowest BCUT2D eigenvalue weighted by Crippen LogP contribution is -2.48. The Morgan fingerprint density at radius 3 is 2.21 bits per heavy atom. The molecule has 3 fully saturated rings. The Balaban J connectivity index is 1.77. The summed E-state index contributed by atoms with van der Waals surface area (Å²) in [4.78, 5) is 28.4. The number of carbonyl (C=O) groups excluding carboxylic acids is 2. The molecule has 1 N–H and O–H groups in total. The van der Waals surface area contributed by atoms with Crippen LogP contribution in [-0.4, -0.2) is 42.4 Å². The number of carbonyl (C=O) groups is 2. The van der Waals surface area contributed by atoms with Crippen molar-refractivity contribution in [3.05, 3.63) is 15.8 Å². The number of hydrogen-bond donors (Lipinski definition) is 1. The molecule has 4 rings (SSSR count). The van der Waals surface area contributed by atoms with Crippen molar-refractivity contribution in [2.24, 2.45) is 11.8 Å². The van der Waals surface area contributed by atoms with Gasteiger partial charge < -0.3 is 14.7 Å². The molecule has 9 heteroatoms. The van der Waals surface area contributed by atoms with Crippen molar-refractivity contribution in [2.45, 2.75) is 101 Å². The lowest BCUT2D eigenvalue weighted by Gasteiger charge is -2.42. The monoisotopic (exact) mass is 501 g/mol. The molecule has 0 aliphatic heterocycles. The first-order valence-corrected chi connectivity index (χ1v) is 13.2. The molecular formula is C25H34F3NO4S. The maximum absolute atomic E-state index is 14.1. The van der Waals surface area contributed by atoms with E-state index in [4.69, 9.17) is 4.74 Å². The number of thiophene rings is 1. The topological polar surface area (TPSA) is 66.8 Å². The number of methoxy groups -OCH3 is 1. The first kappa shape index (κ1) is 25.5. The van der Waals surface area contributed by atoms with Crippen LogP contribution in [0.5, 0.6) is 0 Å². The van der Waals surface area contributed by atoms with Gasteiger partial charge in [-0.15, -0.1) is 11.3 Å². The molecule has 0 unspecified atom stereocenters. The molecule has 3 saturated carbocycles. The van der Waals surface area contributed by atoms with Gasteiger partial charge in [0.1, 0.15) is 10.3 Å². The molecule has 1 heterocycles. The van der Waals surface area contributed by atoms with Crippen molar-refractivity contribution in [1.82, 2.24) is 0 Å². The lowest BCUT2D eigenvalue weighted by atomic mass is 9.67. The third-order valence-electron chi connectivity index (χ3n) is 8.20. The standard InChI is InChI=1S/C25H34F3NO4S/c1-15-4-6-16(7-5-15)22(31)29(17-8-10-18(30)11-9-17)19-14-20(34-21(19)23(32)33-2)24(12-3-13-24)25(26,27)28/h14-18,30H,3-13H2,1-2H3/t15-,16-,17-,18-. The van der Waals surface area contributed by atoms with Crippen LogP contribution in [0, 0.1) is 11.8 Å². The predicted octanol–water partition coefficient (Wildman–Crippen LogP) is 5.98. The Kier molecular flexibility index (Phi) is 7.34. The number of aliphatic hydroxyl groups excluding tert-OH is 1. The van der Waals surface area contributed by atoms with E-state index in [1.54, 1.807) is 4.90 Å². The number of anilines is 1. The van der Waals surface area contributed by atoms with Crippen molar-refractivity contribution in [1.29, 1.82) is 0 Å². The first-order valence-electron chi connectivity index (χ1n) is 12.4. The lowest BCUT2D eigenvalue weighted by molar-refractivity contribution is -0.211. The molecular weight excluding hydrogens is 467 g/mol. The SMILES string of the molecule is COC(=O)c1sc(C2(C(F)(F)F)CCC2)cc1N(C(=O)[C@H]1CC[C@H](C)CC1)[C@H]1CC[C@H](O)CC1. The van der Waals surface area contributed by atoms with E-state index in [1.807, 2.05) is 0 Å². The highest BCUT2D eigenvalue weighted by Crippen LogP contribution is 2.57. The summed E-state index contributed by atoms with van der Waals surface area (Å²) in [5.74, 6) is -0.491. The highest BCUT2D eigenvalue weighted by atomic mass is 32.1. The van der Waals surface area contributed by atoms with Gasteiger partial charge in [0.05, 0.1) is 18.9 Å². The second kappa shape index (κ2) is 9.80. The second-order valence-corrected chi connectivity index (χ2v) is 11.4. The highest BCUT2D eigenvalue weighted by molar-refractivity contribution is 7.14. The zero-order chi connectivity index (χ0) is 24.7. The Hall–Kier alpha value is -1.61. The van der Waals surface area contributed by atoms with Crippen molar-refractivity contribution < 1.29 is 32.6 Å². The number of hydrogen-bond acceptors (Lipinski definition) is 5.